The van der Waals surface area contributed by atoms with E-state index in [4.69, 9.17) is 4.74 Å². The number of fused-ring (bicyclic) bond motifs is 5. The molecule has 0 fully saturated rings. The van der Waals surface area contributed by atoms with Crippen molar-refractivity contribution in [1.29, 1.82) is 0 Å². The first-order valence-corrected chi connectivity index (χ1v) is 13.6. The molecule has 0 amide bonds. The number of aromatic nitrogens is 1. The zero-order valence-electron chi connectivity index (χ0n) is 22.7. The van der Waals surface area contributed by atoms with E-state index in [-0.39, 0.29) is 21.1 Å². The van der Waals surface area contributed by atoms with Crippen LogP contribution in [0.5, 0.6) is 11.5 Å². The SMILES string of the molecule is CN1C=CN(c2[c-]c(Oc3[c-]c(-c4ccccn4)ccc3)c3c(c2)-c2ccccc2-c2cccc4cccc-3c24)[CH-]1.[Pt]. The van der Waals surface area contributed by atoms with E-state index in [0.717, 1.165) is 39.2 Å². The van der Waals surface area contributed by atoms with Gasteiger partial charge in [0.2, 0.25) is 0 Å². The van der Waals surface area contributed by atoms with Crippen LogP contribution in [0.1, 0.15) is 0 Å². The van der Waals surface area contributed by atoms with Gasteiger partial charge in [0.25, 0.3) is 0 Å². The summed E-state index contributed by atoms with van der Waals surface area (Å²) in [4.78, 5) is 8.61. The van der Waals surface area contributed by atoms with Gasteiger partial charge < -0.3 is 19.5 Å². The number of nitrogens with zero attached hydrogens (tertiary/aromatic N) is 3. The topological polar surface area (TPSA) is 28.6 Å². The fourth-order valence-corrected chi connectivity index (χ4v) is 5.85. The molecule has 42 heavy (non-hydrogen) atoms. The minimum Gasteiger partial charge on any atom is -0.510 e. The monoisotopic (exact) mass is 721 g/mol. The number of ether oxygens (including phenoxy) is 1. The zero-order valence-corrected chi connectivity index (χ0v) is 25.0. The molecule has 4 nitrogen and oxygen atoms in total. The smallest absolute Gasteiger partial charge is 0.0421 e. The maximum atomic E-state index is 6.77. The summed E-state index contributed by atoms with van der Waals surface area (Å²) < 4.78 is 6.77. The Kier molecular flexibility index (Phi) is 6.64. The van der Waals surface area contributed by atoms with Crippen molar-refractivity contribution < 1.29 is 25.8 Å². The van der Waals surface area contributed by atoms with Gasteiger partial charge in [0.15, 0.2) is 0 Å². The van der Waals surface area contributed by atoms with Gasteiger partial charge in [-0.2, -0.15) is 6.67 Å². The fraction of sp³-hybridized carbons (Fsp3) is 0.0270. The Labute approximate surface area is 259 Å². The maximum Gasteiger partial charge on any atom is 0.0421 e. The molecule has 1 aliphatic heterocycles. The van der Waals surface area contributed by atoms with Crippen LogP contribution in [-0.4, -0.2) is 16.9 Å². The first-order chi connectivity index (χ1) is 20.2. The van der Waals surface area contributed by atoms with E-state index in [2.05, 4.69) is 88.7 Å². The average molecular weight is 722 g/mol. The number of anilines is 1. The number of hydrogen-bond acceptors (Lipinski definition) is 4. The van der Waals surface area contributed by atoms with Gasteiger partial charge in [-0.15, -0.1) is 47.1 Å². The predicted molar refractivity (Wildman–Crippen MR) is 165 cm³/mol. The van der Waals surface area contributed by atoms with Crippen LogP contribution in [0.25, 0.3) is 55.4 Å². The van der Waals surface area contributed by atoms with E-state index in [1.807, 2.05) is 67.4 Å². The van der Waals surface area contributed by atoms with Crippen LogP contribution < -0.4 is 9.64 Å². The predicted octanol–water partition coefficient (Wildman–Crippen LogP) is 8.95. The van der Waals surface area contributed by atoms with Crippen molar-refractivity contribution in [3.8, 4) is 56.1 Å². The van der Waals surface area contributed by atoms with E-state index in [1.54, 1.807) is 6.20 Å². The molecular weight excluding hydrogens is 698 g/mol. The van der Waals surface area contributed by atoms with Crippen molar-refractivity contribution in [2.24, 2.45) is 0 Å². The minimum atomic E-state index is 0. The van der Waals surface area contributed by atoms with E-state index in [9.17, 15) is 0 Å². The van der Waals surface area contributed by atoms with Crippen molar-refractivity contribution in [2.45, 2.75) is 0 Å². The maximum absolute atomic E-state index is 6.77. The minimum absolute atomic E-state index is 0. The third kappa shape index (κ3) is 4.40. The first kappa shape index (κ1) is 26.3. The van der Waals surface area contributed by atoms with Gasteiger partial charge in [-0.25, -0.2) is 0 Å². The number of rotatable bonds is 4. The molecule has 6 aromatic rings. The molecule has 0 unspecified atom stereocenters. The summed E-state index contributed by atoms with van der Waals surface area (Å²) in [6, 6.07) is 42.8. The molecule has 1 aromatic heterocycles. The molecule has 8 rings (SSSR count). The molecule has 0 spiro atoms. The van der Waals surface area contributed by atoms with E-state index >= 15 is 0 Å². The molecule has 0 saturated heterocycles. The molecule has 206 valence electrons. The molecule has 0 atom stereocenters. The Morgan fingerprint density at radius 2 is 1.45 bits per heavy atom. The van der Waals surface area contributed by atoms with Crippen molar-refractivity contribution in [3.63, 3.8) is 0 Å². The Hall–Kier alpha value is -4.66. The van der Waals surface area contributed by atoms with Crippen LogP contribution in [0.4, 0.5) is 5.69 Å². The van der Waals surface area contributed by atoms with Gasteiger partial charge in [0.1, 0.15) is 0 Å². The van der Waals surface area contributed by atoms with Gasteiger partial charge in [-0.05, 0) is 58.7 Å². The molecule has 0 bridgehead atoms. The summed E-state index contributed by atoms with van der Waals surface area (Å²) >= 11 is 0. The Bertz CT molecular complexity index is 1980. The second-order valence-electron chi connectivity index (χ2n) is 10.3. The van der Waals surface area contributed by atoms with Crippen LogP contribution in [0.3, 0.4) is 0 Å². The second kappa shape index (κ2) is 10.6. The summed E-state index contributed by atoms with van der Waals surface area (Å²) in [5.41, 5.74) is 9.45. The number of hydrogen-bond donors (Lipinski definition) is 0. The molecule has 0 saturated carbocycles. The van der Waals surface area contributed by atoms with Crippen LogP contribution >= 0.6 is 0 Å². The van der Waals surface area contributed by atoms with Gasteiger partial charge in [0.05, 0.1) is 0 Å². The van der Waals surface area contributed by atoms with Crippen molar-refractivity contribution in [1.82, 2.24) is 9.88 Å². The molecule has 2 heterocycles. The zero-order chi connectivity index (χ0) is 27.3. The van der Waals surface area contributed by atoms with Gasteiger partial charge >= 0.3 is 0 Å². The van der Waals surface area contributed by atoms with Crippen molar-refractivity contribution in [3.05, 3.63) is 141 Å². The third-order valence-electron chi connectivity index (χ3n) is 7.67. The molecule has 2 aliphatic rings. The van der Waals surface area contributed by atoms with E-state index in [1.165, 1.54) is 21.9 Å². The third-order valence-corrected chi connectivity index (χ3v) is 7.67. The van der Waals surface area contributed by atoms with Gasteiger partial charge in [0, 0.05) is 38.8 Å². The molecule has 0 N–H and O–H groups in total. The number of pyridine rings is 1. The molecule has 5 heteroatoms. The Morgan fingerprint density at radius 3 is 2.21 bits per heavy atom. The molecule has 1 aliphatic carbocycles. The molecular formula is C37H24N3OPt-3. The second-order valence-corrected chi connectivity index (χ2v) is 10.3. The summed E-state index contributed by atoms with van der Waals surface area (Å²) in [5.74, 6) is 1.27. The molecule has 0 radical (unpaired) electrons. The summed E-state index contributed by atoms with van der Waals surface area (Å²) in [7, 11) is 2.02. The van der Waals surface area contributed by atoms with Crippen LogP contribution in [0.2, 0.25) is 0 Å². The normalized spacial score (nSPS) is 12.9. The number of benzene rings is 5. The summed E-state index contributed by atoms with van der Waals surface area (Å²) in [6.07, 6.45) is 5.85. The largest absolute Gasteiger partial charge is 0.510 e. The van der Waals surface area contributed by atoms with Crippen LogP contribution in [-0.2, 0) is 21.1 Å². The quantitative estimate of drug-likeness (QED) is 0.170. The average Bonchev–Trinajstić information content (AvgIpc) is 3.42. The van der Waals surface area contributed by atoms with Gasteiger partial charge in [-0.1, -0.05) is 90.0 Å². The van der Waals surface area contributed by atoms with E-state index in [0.29, 0.717) is 11.5 Å². The van der Waals surface area contributed by atoms with Crippen LogP contribution in [0.15, 0.2) is 122 Å². The Balaban J connectivity index is 0.00000288. The fourth-order valence-electron chi connectivity index (χ4n) is 5.85. The summed E-state index contributed by atoms with van der Waals surface area (Å²) in [6.45, 7) is 2.04. The van der Waals surface area contributed by atoms with E-state index < -0.39 is 0 Å². The van der Waals surface area contributed by atoms with Gasteiger partial charge in [-0.3, -0.25) is 0 Å². The first-order valence-electron chi connectivity index (χ1n) is 13.6. The summed E-state index contributed by atoms with van der Waals surface area (Å²) in [5, 5.41) is 2.41. The standard InChI is InChI=1S/C37H24N3O.Pt/c1-39-19-20-40(24-39)27-22-33-30-14-3-2-13-29(30)31-15-7-9-25-10-8-16-32(36(25)31)37(33)35(23-27)41-28-12-6-11-26(21-28)34-17-4-5-18-38-34;/h2-20,22,24H,1H3;/q-3;. The van der Waals surface area contributed by atoms with Crippen molar-refractivity contribution in [2.75, 3.05) is 11.9 Å². The molecule has 5 aromatic carbocycles. The van der Waals surface area contributed by atoms with Crippen LogP contribution in [0, 0.1) is 18.8 Å². The van der Waals surface area contributed by atoms with Crippen molar-refractivity contribution >= 4 is 16.5 Å². The Morgan fingerprint density at radius 1 is 0.714 bits per heavy atom.